The van der Waals surface area contributed by atoms with Gasteiger partial charge in [0.25, 0.3) is 11.1 Å². The highest BCUT2D eigenvalue weighted by molar-refractivity contribution is 7.53. The van der Waals surface area contributed by atoms with Gasteiger partial charge in [-0.3, -0.25) is 48.3 Å². The number of hydrogen-bond acceptors (Lipinski definition) is 13. The number of aromatic nitrogens is 6. The van der Waals surface area contributed by atoms with Gasteiger partial charge in [0.05, 0.1) is 36.7 Å². The molecule has 3 aromatic heterocycles. The van der Waals surface area contributed by atoms with Crippen LogP contribution in [0.4, 0.5) is 5.95 Å². The van der Waals surface area contributed by atoms with Crippen LogP contribution in [-0.4, -0.2) is 121 Å². The van der Waals surface area contributed by atoms with E-state index < -0.39 is 66.6 Å². The summed E-state index contributed by atoms with van der Waals surface area (Å²) in [6.07, 6.45) is -0.925. The number of aryl methyl sites for hydroxylation is 1. The van der Waals surface area contributed by atoms with Gasteiger partial charge in [-0.1, -0.05) is 123 Å². The number of hydrogen-bond donors (Lipinski definition) is 3. The van der Waals surface area contributed by atoms with E-state index in [9.17, 15) is 24.0 Å². The Kier molecular flexibility index (Phi) is 15.0. The Morgan fingerprint density at radius 3 is 1.90 bits per heavy atom. The highest BCUT2D eigenvalue weighted by atomic mass is 31.2. The Balaban J connectivity index is 1.11. The molecule has 9 rings (SSSR count). The average molecular weight is 1010 g/mol. The summed E-state index contributed by atoms with van der Waals surface area (Å²) in [5.74, 6) is -1.40. The van der Waals surface area contributed by atoms with Crippen LogP contribution >= 0.6 is 7.67 Å². The van der Waals surface area contributed by atoms with Crippen LogP contribution in [0.2, 0.25) is 0 Å². The number of ether oxygens (including phenoxy) is 3. The van der Waals surface area contributed by atoms with Crippen LogP contribution < -0.4 is 22.1 Å². The highest BCUT2D eigenvalue weighted by Gasteiger charge is 2.48. The van der Waals surface area contributed by atoms with Crippen LogP contribution in [0.15, 0.2) is 148 Å². The number of H-pyrrole nitrogens is 2. The van der Waals surface area contributed by atoms with E-state index in [-0.39, 0.29) is 68.0 Å². The second kappa shape index (κ2) is 21.5. The number of anilines is 1. The summed E-state index contributed by atoms with van der Waals surface area (Å²) in [6.45, 7) is 4.71. The SMILES string of the molecule is Cc1cn([C@H]2CN([P@@](=O)(OC[C@@H]3CN(C(c4ccccc4)(c4ccccc4)c4ccccc4)C[C@H](n4cnc5c(=O)[nH]c(NC(=O)C(C)C)nc54)O3)N(C)C)C[C@@H](COC(=O)c3ccccc3)O2)c(=O)[nH]c1=O. The van der Waals surface area contributed by atoms with Crippen molar-refractivity contribution in [3.8, 4) is 0 Å². The smallest absolute Gasteiger partial charge is 0.345 e. The minimum Gasteiger partial charge on any atom is -0.459 e. The third kappa shape index (κ3) is 10.4. The van der Waals surface area contributed by atoms with Crippen molar-refractivity contribution in [1.29, 1.82) is 0 Å². The molecule has 0 aliphatic carbocycles. The number of esters is 1. The van der Waals surface area contributed by atoms with E-state index in [2.05, 4.69) is 66.6 Å². The van der Waals surface area contributed by atoms with Crippen LogP contribution in [0.25, 0.3) is 11.2 Å². The molecule has 20 nitrogen and oxygen atoms in total. The van der Waals surface area contributed by atoms with E-state index in [1.54, 1.807) is 74.4 Å². The number of imidazole rings is 1. The summed E-state index contributed by atoms with van der Waals surface area (Å²) in [4.78, 5) is 81.8. The number of carbonyl (C=O) groups is 2. The molecule has 21 heteroatoms. The van der Waals surface area contributed by atoms with Gasteiger partial charge < -0.3 is 18.7 Å². The molecular weight excluding hydrogens is 956 g/mol. The molecule has 3 N–H and O–H groups in total. The number of benzene rings is 4. The number of nitrogens with one attached hydrogen (secondary N) is 3. The van der Waals surface area contributed by atoms with Crippen LogP contribution in [0, 0.1) is 12.8 Å². The van der Waals surface area contributed by atoms with Gasteiger partial charge in [-0.15, -0.1) is 0 Å². The Labute approximate surface area is 420 Å². The van der Waals surface area contributed by atoms with E-state index in [0.717, 1.165) is 16.7 Å². The van der Waals surface area contributed by atoms with Gasteiger partial charge in [0.1, 0.15) is 18.9 Å². The predicted molar refractivity (Wildman–Crippen MR) is 272 cm³/mol. The Morgan fingerprint density at radius 2 is 1.33 bits per heavy atom. The number of carbonyl (C=O) groups excluding carboxylic acids is 2. The summed E-state index contributed by atoms with van der Waals surface area (Å²) in [5.41, 5.74) is 0.730. The molecule has 0 saturated carbocycles. The van der Waals surface area contributed by atoms with Crippen molar-refractivity contribution in [2.45, 2.75) is 51.0 Å². The monoisotopic (exact) mass is 1010 g/mol. The molecule has 380 valence electrons. The molecule has 0 bridgehead atoms. The van der Waals surface area contributed by atoms with Gasteiger partial charge in [-0.25, -0.2) is 23.9 Å². The highest BCUT2D eigenvalue weighted by Crippen LogP contribution is 2.55. The Morgan fingerprint density at radius 1 is 0.767 bits per heavy atom. The van der Waals surface area contributed by atoms with E-state index in [1.165, 1.54) is 21.8 Å². The van der Waals surface area contributed by atoms with Gasteiger partial charge in [0, 0.05) is 37.3 Å². The van der Waals surface area contributed by atoms with Crippen molar-refractivity contribution in [2.24, 2.45) is 5.92 Å². The first kappa shape index (κ1) is 50.8. The van der Waals surface area contributed by atoms with Crippen LogP contribution in [-0.2, 0) is 33.6 Å². The van der Waals surface area contributed by atoms with E-state index in [1.807, 2.05) is 54.6 Å². The molecule has 5 heterocycles. The molecule has 2 aliphatic heterocycles. The number of rotatable bonds is 16. The van der Waals surface area contributed by atoms with Crippen LogP contribution in [0.5, 0.6) is 0 Å². The van der Waals surface area contributed by atoms with Gasteiger partial charge in [-0.05, 0) is 49.8 Å². The lowest BCUT2D eigenvalue weighted by Crippen LogP contribution is -2.57. The van der Waals surface area contributed by atoms with Crippen LogP contribution in [0.3, 0.4) is 0 Å². The average Bonchev–Trinajstić information content (AvgIpc) is 3.84. The number of morpholine rings is 2. The van der Waals surface area contributed by atoms with Gasteiger partial charge in [-0.2, -0.15) is 4.98 Å². The number of fused-ring (bicyclic) bond motifs is 1. The van der Waals surface area contributed by atoms with Crippen molar-refractivity contribution < 1.29 is 32.9 Å². The molecule has 2 saturated heterocycles. The molecule has 73 heavy (non-hydrogen) atoms. The van der Waals surface area contributed by atoms with E-state index >= 15 is 4.57 Å². The van der Waals surface area contributed by atoms with E-state index in [0.29, 0.717) is 5.56 Å². The first-order valence-electron chi connectivity index (χ1n) is 23.9. The van der Waals surface area contributed by atoms with Gasteiger partial charge >= 0.3 is 19.3 Å². The second-order valence-electron chi connectivity index (χ2n) is 18.5. The quantitative estimate of drug-likeness (QED) is 0.0616. The van der Waals surface area contributed by atoms with Gasteiger partial charge in [0.15, 0.2) is 17.4 Å². The topological polar surface area (TPSA) is 228 Å². The third-order valence-corrected chi connectivity index (χ3v) is 15.5. The van der Waals surface area contributed by atoms with Crippen molar-refractivity contribution in [3.63, 3.8) is 0 Å². The molecule has 0 radical (unpaired) electrons. The zero-order valence-electron chi connectivity index (χ0n) is 41.0. The fourth-order valence-electron chi connectivity index (χ4n) is 9.39. The predicted octanol–water partition coefficient (Wildman–Crippen LogP) is 5.51. The molecule has 4 aromatic carbocycles. The lowest BCUT2D eigenvalue weighted by molar-refractivity contribution is -0.148. The normalized spacial score (nSPS) is 19.7. The maximum absolute atomic E-state index is 15.8. The van der Waals surface area contributed by atoms with Crippen molar-refractivity contribution in [2.75, 3.05) is 58.8 Å². The molecule has 7 aromatic rings. The number of nitrogens with zero attached hydrogens (tertiary/aromatic N) is 7. The van der Waals surface area contributed by atoms with E-state index in [4.69, 9.17) is 18.7 Å². The zero-order valence-corrected chi connectivity index (χ0v) is 41.9. The lowest BCUT2D eigenvalue weighted by atomic mass is 9.75. The van der Waals surface area contributed by atoms with Crippen molar-refractivity contribution in [3.05, 3.63) is 193 Å². The maximum Gasteiger partial charge on any atom is 0.345 e. The molecule has 5 atom stereocenters. The lowest BCUT2D eigenvalue weighted by Gasteiger charge is -2.51. The molecule has 1 amide bonds. The molecule has 0 unspecified atom stereocenters. The molecular formula is C52H57N10O10P. The fourth-order valence-corrected chi connectivity index (χ4v) is 11.4. The van der Waals surface area contributed by atoms with Gasteiger partial charge in [0.2, 0.25) is 11.9 Å². The summed E-state index contributed by atoms with van der Waals surface area (Å²) in [6, 6.07) is 38.7. The minimum atomic E-state index is -4.12. The standard InChI is InChI=1S/C52H57N10O10P/c1-34(2)46(63)55-50-54-45-44(48(65)56-50)53-33-62(45)42-29-59(52(37-20-12-7-13-21-37,38-22-14-8-15-23-38)39-24-16-9-17-25-39)27-40(71-42)32-70-73(68,58(4)5)60-28-41(31-69-49(66)36-18-10-6-11-19-36)72-43(30-60)61-26-35(3)47(64)57-51(61)67/h6-26,33-34,40-43H,27-32H2,1-5H3,(H,57,64,67)(H2,54,55,56,63,65)/t40-,41-,42+,43+,73-/m0/s1. The van der Waals surface area contributed by atoms with Crippen LogP contribution in [0.1, 0.15) is 58.9 Å². The molecule has 2 aliphatic rings. The summed E-state index contributed by atoms with van der Waals surface area (Å²) in [7, 11) is -0.884. The maximum atomic E-state index is 15.8. The summed E-state index contributed by atoms with van der Waals surface area (Å²) in [5, 5.41) is 2.70. The number of aromatic amines is 2. The molecule has 0 spiro atoms. The third-order valence-electron chi connectivity index (χ3n) is 13.0. The largest absolute Gasteiger partial charge is 0.459 e. The Bertz CT molecular complexity index is 3200. The second-order valence-corrected chi connectivity index (χ2v) is 21.1. The summed E-state index contributed by atoms with van der Waals surface area (Å²) < 4.78 is 47.5. The van der Waals surface area contributed by atoms with Crippen molar-refractivity contribution in [1.82, 2.24) is 43.3 Å². The first-order chi connectivity index (χ1) is 35.1. The van der Waals surface area contributed by atoms with Crippen molar-refractivity contribution >= 4 is 36.7 Å². The summed E-state index contributed by atoms with van der Waals surface area (Å²) >= 11 is 0. The molecule has 2 fully saturated rings. The Hall–Kier alpha value is -7.16. The fraction of sp³-hybridized carbons (Fsp3) is 0.327. The minimum absolute atomic E-state index is 0.0243. The first-order valence-corrected chi connectivity index (χ1v) is 25.4. The number of amides is 1. The zero-order chi connectivity index (χ0) is 51.4.